The zero-order valence-electron chi connectivity index (χ0n) is 60.7. The van der Waals surface area contributed by atoms with Crippen molar-refractivity contribution < 1.29 is 101 Å². The maximum atomic E-state index is 14.4. The first-order chi connectivity index (χ1) is 53.9. The van der Waals surface area contributed by atoms with Crippen LogP contribution in [0.25, 0.3) is 32.7 Å². The second-order valence-corrected chi connectivity index (χ2v) is 32.6. The Hall–Kier alpha value is -10.2. The van der Waals surface area contributed by atoms with Gasteiger partial charge in [0, 0.05) is 94.2 Å². The third kappa shape index (κ3) is 22.2. The molecule has 6 aromatic heterocycles. The van der Waals surface area contributed by atoms with Crippen molar-refractivity contribution >= 4 is 195 Å². The van der Waals surface area contributed by atoms with Crippen LogP contribution < -0.4 is 21.7 Å². The number of halogens is 12. The van der Waals surface area contributed by atoms with E-state index in [0.717, 1.165) is 39.8 Å². The molecule has 9 aromatic rings. The minimum Gasteiger partial charge on any atom is -0.362 e. The highest BCUT2D eigenvalue weighted by Gasteiger charge is 2.44. The Morgan fingerprint density at radius 1 is 0.530 bits per heavy atom. The molecule has 115 heavy (non-hydrogen) atoms. The van der Waals surface area contributed by atoms with Crippen molar-refractivity contribution in [1.29, 1.82) is 0 Å². The van der Waals surface area contributed by atoms with E-state index in [4.69, 9.17) is 4.79 Å². The number of anilines is 3. The fraction of sp³-hybridized carbons (Fsp3) is 0.329. The third-order valence-corrected chi connectivity index (χ3v) is 21.9. The fourth-order valence-corrected chi connectivity index (χ4v) is 15.3. The van der Waals surface area contributed by atoms with Crippen molar-refractivity contribution in [2.45, 2.75) is 123 Å². The van der Waals surface area contributed by atoms with Gasteiger partial charge in [0.1, 0.15) is 105 Å². The van der Waals surface area contributed by atoms with Gasteiger partial charge in [-0.05, 0) is 145 Å². The highest BCUT2D eigenvalue weighted by molar-refractivity contribution is 9.11. The molecule has 8 amide bonds. The van der Waals surface area contributed by atoms with Crippen LogP contribution in [-0.2, 0) is 78.5 Å². The van der Waals surface area contributed by atoms with Gasteiger partial charge < -0.3 is 36.4 Å². The van der Waals surface area contributed by atoms with E-state index in [1.54, 1.807) is 72.8 Å². The lowest BCUT2D eigenvalue weighted by atomic mass is 10.1. The van der Waals surface area contributed by atoms with Gasteiger partial charge in [0.25, 0.3) is 0 Å². The zero-order valence-corrected chi connectivity index (χ0v) is 67.9. The van der Waals surface area contributed by atoms with E-state index in [0.29, 0.717) is 46.3 Å². The number of alkyl halides is 9. The molecule has 610 valence electrons. The number of carbonyl (C=O) groups excluding carboxylic acids is 11. The summed E-state index contributed by atoms with van der Waals surface area (Å²) >= 11 is 11.2. The number of thioether (sulfide) groups is 1. The number of rotatable bonds is 18. The van der Waals surface area contributed by atoms with Gasteiger partial charge in [-0.2, -0.15) is 41.6 Å². The standard InChI is InChI=1S/C24H21BrF4N6O5S.C22H21BrFN5O4S.C22H21BrFN5O3S.C2H2F3NO/c1-12(36)21-15-9-14(41(2,40)33-23(39)24(27,28)29)6-7-16(15)35(32-21)11-20(37)34-10-13(26)8-17(34)22(38)31-19-5-3-4-18(25)30-19;1-12(30)21-15-9-14(34(2)33)6-7-16(15)29(27-21)11-20(31)28-10-13(24)8-17(28)22(32)26-19-5-3-4-18(23)25-19;1-12(30)21-15-9-14(33-2)6-7-16(15)29(27-21)11-20(31)28-10-13(24)8-17(28)22(32)26-19-5-3-4-18(23)25-19;3-2(4,5)1(6)7/h3-7,9,13,17H,8,10-11H2,1-2H3,(H,30,31,38);3-7,9,13,17H,8,10-11H2,1-2H3,(H,25,26,32);3-7,9,13,17H,8,10-11H2,1-2H3,(H,25,26,32);(H2,6,7)/t13-,17+,41?;13-,17+,34?;13-,17+;/m111./s1. The number of nitrogens with zero attached hydrogens (tertiary/aromatic N) is 13. The number of pyridine rings is 3. The van der Waals surface area contributed by atoms with Crippen LogP contribution in [0.1, 0.15) is 71.5 Å². The normalized spacial score (nSPS) is 18.1. The molecular weight excluding hydrogens is 1790 g/mol. The zero-order chi connectivity index (χ0) is 84.6. The van der Waals surface area contributed by atoms with E-state index < -0.39 is 129 Å². The predicted molar refractivity (Wildman–Crippen MR) is 411 cm³/mol. The Bertz CT molecular complexity index is 5530. The predicted octanol–water partition coefficient (Wildman–Crippen LogP) is 9.96. The Kier molecular flexibility index (Phi) is 28.6. The average molecular weight is 1860 g/mol. The molecule has 2 unspecified atom stereocenters. The molecule has 3 fully saturated rings. The number of likely N-dealkylation sites (tertiary alicyclic amines) is 3. The molecule has 3 aromatic carbocycles. The average Bonchev–Trinajstić information content (AvgIpc) is 1.64. The number of hydrogen-bond acceptors (Lipinski definition) is 20. The van der Waals surface area contributed by atoms with Gasteiger partial charge in [-0.1, -0.05) is 18.2 Å². The second kappa shape index (κ2) is 37.1. The lowest BCUT2D eigenvalue weighted by molar-refractivity contribution is -0.169. The monoisotopic (exact) mass is 1860 g/mol. The number of Topliss-reactive ketones (excluding diaryl/α,β-unsaturated/α-hetero) is 3. The Balaban J connectivity index is 0.000000190. The number of amides is 8. The van der Waals surface area contributed by atoms with Gasteiger partial charge in [-0.25, -0.2) is 32.3 Å². The molecule has 0 aliphatic carbocycles. The topological polar surface area (TPSA) is 398 Å². The quantitative estimate of drug-likeness (QED) is 0.0268. The Morgan fingerprint density at radius 2 is 0.861 bits per heavy atom. The number of nitrogens with two attached hydrogens (primary N) is 1. The lowest BCUT2D eigenvalue weighted by Crippen LogP contribution is -2.44. The molecule has 0 saturated carbocycles. The number of nitrogens with one attached hydrogen (secondary N) is 3. The molecule has 30 nitrogen and oxygen atoms in total. The minimum absolute atomic E-state index is 0.0480. The summed E-state index contributed by atoms with van der Waals surface area (Å²) in [4.78, 5) is 152. The van der Waals surface area contributed by atoms with Crippen molar-refractivity contribution in [1.82, 2.24) is 59.0 Å². The number of aromatic nitrogens is 9. The summed E-state index contributed by atoms with van der Waals surface area (Å²) in [6.07, 6.45) is -10.5. The molecule has 0 bridgehead atoms. The van der Waals surface area contributed by atoms with Crippen LogP contribution in [-0.4, -0.2) is 219 Å². The van der Waals surface area contributed by atoms with Crippen molar-refractivity contribution in [2.24, 2.45) is 10.1 Å². The van der Waals surface area contributed by atoms with Gasteiger partial charge in [0.05, 0.1) is 45.9 Å². The first kappa shape index (κ1) is 88.7. The molecular formula is C70H65Br3F9N17O13S3. The first-order valence-corrected chi connectivity index (χ1v) is 40.7. The smallest absolute Gasteiger partial charge is 0.362 e. The summed E-state index contributed by atoms with van der Waals surface area (Å²) in [6.45, 7) is 2.15. The molecule has 3 saturated heterocycles. The molecule has 0 radical (unpaired) electrons. The van der Waals surface area contributed by atoms with E-state index >= 15 is 0 Å². The molecule has 5 N–H and O–H groups in total. The van der Waals surface area contributed by atoms with Crippen molar-refractivity contribution in [3.63, 3.8) is 0 Å². The van der Waals surface area contributed by atoms with Gasteiger partial charge in [-0.15, -0.1) is 16.1 Å². The van der Waals surface area contributed by atoms with Gasteiger partial charge in [0.15, 0.2) is 17.3 Å². The van der Waals surface area contributed by atoms with Crippen molar-refractivity contribution in [3.8, 4) is 0 Å². The van der Waals surface area contributed by atoms with Gasteiger partial charge >= 0.3 is 24.2 Å². The van der Waals surface area contributed by atoms with Crippen LogP contribution in [0.15, 0.2) is 142 Å². The van der Waals surface area contributed by atoms with Crippen LogP contribution in [0.4, 0.5) is 57.0 Å². The molecule has 0 spiro atoms. The van der Waals surface area contributed by atoms with E-state index in [-0.39, 0.29) is 108 Å². The summed E-state index contributed by atoms with van der Waals surface area (Å²) < 4.78 is 146. The molecule has 45 heteroatoms. The third-order valence-electron chi connectivity index (χ3n) is 17.3. The molecule has 12 rings (SSSR count). The lowest BCUT2D eigenvalue weighted by Gasteiger charge is -2.23. The largest absolute Gasteiger partial charge is 0.474 e. The van der Waals surface area contributed by atoms with Gasteiger partial charge in [0.2, 0.25) is 35.4 Å². The highest BCUT2D eigenvalue weighted by atomic mass is 79.9. The van der Waals surface area contributed by atoms with Crippen molar-refractivity contribution in [3.05, 3.63) is 140 Å². The first-order valence-electron chi connectivity index (χ1n) is 33.6. The van der Waals surface area contributed by atoms with Crippen LogP contribution >= 0.6 is 59.6 Å². The summed E-state index contributed by atoms with van der Waals surface area (Å²) in [5, 5.41) is 21.7. The summed E-state index contributed by atoms with van der Waals surface area (Å²) in [5.41, 5.74) is 5.33. The summed E-state index contributed by atoms with van der Waals surface area (Å²) in [5.74, 6) is -8.46. The number of fused-ring (bicyclic) bond motifs is 3. The van der Waals surface area contributed by atoms with Crippen LogP contribution in [0.3, 0.4) is 0 Å². The molecule has 9 heterocycles. The number of carbonyl (C=O) groups is 11. The second-order valence-electron chi connectivity index (χ2n) is 25.6. The summed E-state index contributed by atoms with van der Waals surface area (Å²) in [6, 6.07) is 25.6. The maximum Gasteiger partial charge on any atom is 0.474 e. The van der Waals surface area contributed by atoms with E-state index in [2.05, 4.69) is 104 Å². The SMILES string of the molecule is CC(=O)c1nn(CC(=O)N2C[C@H](F)C[C@H]2C(=O)Nc2cccc(Br)n2)c2ccc(S(C)(=O)=NC(=O)C(F)(F)F)cc12.CC(=O)c1nn(CC(=O)N2C[C@H](F)C[C@H]2C(=O)Nc2cccc(Br)n2)c2ccc(S(C)=O)cc12.CSc1ccc2c(c1)c(C(C)=O)nn2CC(=O)N1C[C@H](F)C[C@H]1C(=O)Nc1cccc(Br)n1.NC(=O)C(F)(F)F. The molecule has 3 aliphatic rings. The number of ketones is 3. The van der Waals surface area contributed by atoms with Crippen LogP contribution in [0.5, 0.6) is 0 Å². The number of primary amides is 1. The van der Waals surface area contributed by atoms with Crippen LogP contribution in [0, 0.1) is 0 Å². The minimum atomic E-state index is -5.32. The molecule has 8 atom stereocenters. The van der Waals surface area contributed by atoms with Crippen LogP contribution in [0.2, 0.25) is 0 Å². The highest BCUT2D eigenvalue weighted by Crippen LogP contribution is 2.32. The van der Waals surface area contributed by atoms with E-state index in [1.807, 2.05) is 18.4 Å². The fourth-order valence-electron chi connectivity index (χ4n) is 12.1. The van der Waals surface area contributed by atoms with Gasteiger partial charge in [-0.3, -0.25) is 71.0 Å². The number of hydrogen-bond donors (Lipinski definition) is 4. The molecule has 3 aliphatic heterocycles. The Morgan fingerprint density at radius 3 is 1.17 bits per heavy atom. The maximum absolute atomic E-state index is 14.4. The van der Waals surface area contributed by atoms with E-state index in [9.17, 15) is 95.9 Å². The summed E-state index contributed by atoms with van der Waals surface area (Å²) in [7, 11) is -5.13. The van der Waals surface area contributed by atoms with E-state index in [1.165, 1.54) is 63.2 Å². The number of benzene rings is 3. The van der Waals surface area contributed by atoms with Crippen molar-refractivity contribution in [2.75, 3.05) is 54.4 Å². The Labute approximate surface area is 678 Å².